The van der Waals surface area contributed by atoms with E-state index in [0.717, 1.165) is 16.2 Å². The Morgan fingerprint density at radius 2 is 1.70 bits per heavy atom. The number of ether oxygens (including phenoxy) is 1. The van der Waals surface area contributed by atoms with Gasteiger partial charge in [-0.3, -0.25) is 24.1 Å². The highest BCUT2D eigenvalue weighted by atomic mass is 16.5. The number of amides is 3. The van der Waals surface area contributed by atoms with Crippen LogP contribution in [-0.4, -0.2) is 35.1 Å². The lowest BCUT2D eigenvalue weighted by atomic mass is 10.0. The van der Waals surface area contributed by atoms with E-state index in [2.05, 4.69) is 5.32 Å². The first-order chi connectivity index (χ1) is 13.0. The molecule has 2 heterocycles. The second-order valence-electron chi connectivity index (χ2n) is 6.40. The Labute approximate surface area is 154 Å². The summed E-state index contributed by atoms with van der Waals surface area (Å²) in [6, 6.07) is 11.6. The summed E-state index contributed by atoms with van der Waals surface area (Å²) in [6.45, 7) is -0.0355. The van der Waals surface area contributed by atoms with Gasteiger partial charge in [0.1, 0.15) is 5.75 Å². The number of benzene rings is 2. The number of hydrogen-bond donors (Lipinski definition) is 1. The second kappa shape index (κ2) is 6.68. The van der Waals surface area contributed by atoms with E-state index in [-0.39, 0.29) is 18.9 Å². The van der Waals surface area contributed by atoms with E-state index in [0.29, 0.717) is 29.7 Å². The average Bonchev–Trinajstić information content (AvgIpc) is 2.91. The molecule has 0 saturated carbocycles. The van der Waals surface area contributed by atoms with Gasteiger partial charge in [-0.1, -0.05) is 12.1 Å². The van der Waals surface area contributed by atoms with Crippen molar-refractivity contribution in [3.8, 4) is 5.75 Å². The molecule has 0 spiro atoms. The Morgan fingerprint density at radius 3 is 2.41 bits per heavy atom. The van der Waals surface area contributed by atoms with E-state index in [9.17, 15) is 19.2 Å². The molecule has 4 rings (SSSR count). The number of nitrogens with one attached hydrogen (secondary N) is 1. The molecule has 0 saturated heterocycles. The molecule has 0 bridgehead atoms. The molecule has 0 fully saturated rings. The minimum absolute atomic E-state index is 0.0341. The predicted octanol–water partition coefficient (Wildman–Crippen LogP) is 2.16. The zero-order valence-electron chi connectivity index (χ0n) is 14.4. The highest BCUT2D eigenvalue weighted by Crippen LogP contribution is 2.27. The molecule has 2 aliphatic rings. The van der Waals surface area contributed by atoms with Crippen molar-refractivity contribution >= 4 is 29.4 Å². The summed E-state index contributed by atoms with van der Waals surface area (Å²) in [5, 5.41) is 2.76. The van der Waals surface area contributed by atoms with Crippen LogP contribution in [0.5, 0.6) is 5.75 Å². The minimum atomic E-state index is -0.536. The number of nitrogens with zero attached hydrogens (tertiary/aromatic N) is 1. The Kier molecular flexibility index (Phi) is 4.19. The van der Waals surface area contributed by atoms with Gasteiger partial charge >= 0.3 is 5.97 Å². The molecule has 0 aromatic heterocycles. The standard InChI is InChI=1S/C20H16N2O5/c23-17-8-5-12-11-13(6-7-16(12)21-17)27-18(24)9-10-22-19(25)14-3-1-2-4-15(14)20(22)26/h1-4,6-7,11H,5,8-10H2,(H,21,23). The van der Waals surface area contributed by atoms with Crippen LogP contribution in [0.1, 0.15) is 39.1 Å². The van der Waals surface area contributed by atoms with Gasteiger partial charge in [-0.2, -0.15) is 0 Å². The first-order valence-electron chi connectivity index (χ1n) is 8.61. The van der Waals surface area contributed by atoms with Crippen molar-refractivity contribution in [2.45, 2.75) is 19.3 Å². The molecule has 27 heavy (non-hydrogen) atoms. The van der Waals surface area contributed by atoms with Crippen molar-refractivity contribution in [2.24, 2.45) is 0 Å². The molecule has 2 aliphatic heterocycles. The van der Waals surface area contributed by atoms with Gasteiger partial charge in [-0.05, 0) is 42.3 Å². The topological polar surface area (TPSA) is 92.8 Å². The van der Waals surface area contributed by atoms with E-state index < -0.39 is 17.8 Å². The van der Waals surface area contributed by atoms with Crippen LogP contribution in [0.2, 0.25) is 0 Å². The number of hydrogen-bond acceptors (Lipinski definition) is 5. The van der Waals surface area contributed by atoms with E-state index >= 15 is 0 Å². The SMILES string of the molecule is O=C1CCc2cc(OC(=O)CCN3C(=O)c4ccccc4C3=O)ccc2N1. The van der Waals surface area contributed by atoms with Crippen molar-refractivity contribution in [1.82, 2.24) is 4.90 Å². The van der Waals surface area contributed by atoms with Gasteiger partial charge in [0.2, 0.25) is 5.91 Å². The third kappa shape index (κ3) is 3.19. The molecule has 7 nitrogen and oxygen atoms in total. The molecular weight excluding hydrogens is 348 g/mol. The molecular formula is C20H16N2O5. The Balaban J connectivity index is 1.38. The number of anilines is 1. The van der Waals surface area contributed by atoms with Gasteiger partial charge in [-0.15, -0.1) is 0 Å². The zero-order valence-corrected chi connectivity index (χ0v) is 14.4. The number of esters is 1. The van der Waals surface area contributed by atoms with Crippen molar-refractivity contribution in [3.05, 3.63) is 59.2 Å². The highest BCUT2D eigenvalue weighted by molar-refractivity contribution is 6.21. The molecule has 0 unspecified atom stereocenters. The van der Waals surface area contributed by atoms with E-state index in [1.54, 1.807) is 42.5 Å². The summed E-state index contributed by atoms with van der Waals surface area (Å²) >= 11 is 0. The van der Waals surface area contributed by atoms with Crippen LogP contribution in [-0.2, 0) is 16.0 Å². The van der Waals surface area contributed by atoms with Gasteiger partial charge in [-0.25, -0.2) is 0 Å². The summed E-state index contributed by atoms with van der Waals surface area (Å²) in [5.74, 6) is -0.988. The van der Waals surface area contributed by atoms with Gasteiger partial charge in [0, 0.05) is 18.7 Å². The van der Waals surface area contributed by atoms with Crippen molar-refractivity contribution in [2.75, 3.05) is 11.9 Å². The maximum Gasteiger partial charge on any atom is 0.312 e. The lowest BCUT2D eigenvalue weighted by Crippen LogP contribution is -2.32. The first kappa shape index (κ1) is 17.0. The predicted molar refractivity (Wildman–Crippen MR) is 95.5 cm³/mol. The monoisotopic (exact) mass is 364 g/mol. The van der Waals surface area contributed by atoms with E-state index in [1.807, 2.05) is 0 Å². The normalized spacial score (nSPS) is 15.3. The second-order valence-corrected chi connectivity index (χ2v) is 6.40. The average molecular weight is 364 g/mol. The Hall–Kier alpha value is -3.48. The molecule has 3 amide bonds. The van der Waals surface area contributed by atoms with Crippen molar-refractivity contribution < 1.29 is 23.9 Å². The van der Waals surface area contributed by atoms with Crippen LogP contribution in [0.4, 0.5) is 5.69 Å². The van der Waals surface area contributed by atoms with Crippen LogP contribution in [0.3, 0.4) is 0 Å². The maximum absolute atomic E-state index is 12.3. The minimum Gasteiger partial charge on any atom is -0.426 e. The van der Waals surface area contributed by atoms with Crippen LogP contribution < -0.4 is 10.1 Å². The summed E-state index contributed by atoms with van der Waals surface area (Å²) in [5.41, 5.74) is 2.33. The summed E-state index contributed by atoms with van der Waals surface area (Å²) in [6.07, 6.45) is 0.880. The summed E-state index contributed by atoms with van der Waals surface area (Å²) in [7, 11) is 0. The highest BCUT2D eigenvalue weighted by Gasteiger charge is 2.35. The smallest absolute Gasteiger partial charge is 0.312 e. The largest absolute Gasteiger partial charge is 0.426 e. The molecule has 1 N–H and O–H groups in total. The molecule has 0 radical (unpaired) electrons. The fraction of sp³-hybridized carbons (Fsp3) is 0.200. The Bertz CT molecular complexity index is 947. The first-order valence-corrected chi connectivity index (χ1v) is 8.61. The molecule has 0 atom stereocenters. The molecule has 136 valence electrons. The number of aryl methyl sites for hydroxylation is 1. The summed E-state index contributed by atoms with van der Waals surface area (Å²) in [4.78, 5) is 49.1. The molecule has 7 heteroatoms. The molecule has 0 aliphatic carbocycles. The maximum atomic E-state index is 12.3. The van der Waals surface area contributed by atoms with Gasteiger partial charge in [0.25, 0.3) is 11.8 Å². The van der Waals surface area contributed by atoms with Crippen LogP contribution in [0.15, 0.2) is 42.5 Å². The summed E-state index contributed by atoms with van der Waals surface area (Å²) < 4.78 is 5.31. The van der Waals surface area contributed by atoms with Crippen molar-refractivity contribution in [1.29, 1.82) is 0 Å². The zero-order chi connectivity index (χ0) is 19.0. The fourth-order valence-corrected chi connectivity index (χ4v) is 3.25. The van der Waals surface area contributed by atoms with Crippen LogP contribution in [0.25, 0.3) is 0 Å². The van der Waals surface area contributed by atoms with Crippen molar-refractivity contribution in [3.63, 3.8) is 0 Å². The molecule has 2 aromatic carbocycles. The Morgan fingerprint density at radius 1 is 1.00 bits per heavy atom. The number of fused-ring (bicyclic) bond motifs is 2. The van der Waals surface area contributed by atoms with E-state index in [4.69, 9.17) is 4.74 Å². The quantitative estimate of drug-likeness (QED) is 0.510. The van der Waals surface area contributed by atoms with Crippen LogP contribution >= 0.6 is 0 Å². The lowest BCUT2D eigenvalue weighted by molar-refractivity contribution is -0.134. The third-order valence-electron chi connectivity index (χ3n) is 4.62. The van der Waals surface area contributed by atoms with Gasteiger partial charge in [0.05, 0.1) is 17.5 Å². The number of carbonyl (C=O) groups excluding carboxylic acids is 4. The number of rotatable bonds is 4. The van der Waals surface area contributed by atoms with Crippen LogP contribution in [0, 0.1) is 0 Å². The van der Waals surface area contributed by atoms with Gasteiger partial charge < -0.3 is 10.1 Å². The fourth-order valence-electron chi connectivity index (χ4n) is 3.25. The molecule has 2 aromatic rings. The van der Waals surface area contributed by atoms with E-state index in [1.165, 1.54) is 0 Å². The lowest BCUT2D eigenvalue weighted by Gasteiger charge is -2.17. The third-order valence-corrected chi connectivity index (χ3v) is 4.62. The number of carbonyl (C=O) groups is 4. The number of imide groups is 1. The van der Waals surface area contributed by atoms with Gasteiger partial charge in [0.15, 0.2) is 0 Å².